The molecule has 1 aliphatic rings. The van der Waals surface area contributed by atoms with E-state index in [-0.39, 0.29) is 23.0 Å². The molecule has 9 heteroatoms. The first kappa shape index (κ1) is 21.8. The highest BCUT2D eigenvalue weighted by molar-refractivity contribution is 9.10. The first-order chi connectivity index (χ1) is 12.7. The molecular weight excluding hydrogens is 436 g/mol. The standard InChI is InChI=1S/C18H25BrN2O5S/c1-20(2)27(24,25)16-12-14(8-9-15(16)19)18(23)26-13-17(22)21-10-6-4-3-5-7-11-21/h8-9,12H,3-7,10-11,13H2,1-2H3. The number of esters is 1. The fourth-order valence-electron chi connectivity index (χ4n) is 2.82. The summed E-state index contributed by atoms with van der Waals surface area (Å²) < 4.78 is 31.2. The summed E-state index contributed by atoms with van der Waals surface area (Å²) in [7, 11) is -0.893. The highest BCUT2D eigenvalue weighted by Crippen LogP contribution is 2.25. The molecule has 0 bridgehead atoms. The first-order valence-corrected chi connectivity index (χ1v) is 11.1. The van der Waals surface area contributed by atoms with Gasteiger partial charge in [0.2, 0.25) is 10.0 Å². The normalized spacial score (nSPS) is 15.9. The Hall–Kier alpha value is -1.45. The van der Waals surface area contributed by atoms with Gasteiger partial charge >= 0.3 is 5.97 Å². The SMILES string of the molecule is CN(C)S(=O)(=O)c1cc(C(=O)OCC(=O)N2CCCCCCC2)ccc1Br. The molecule has 0 spiro atoms. The zero-order chi connectivity index (χ0) is 20.0. The minimum atomic E-state index is -3.72. The van der Waals surface area contributed by atoms with Crippen molar-refractivity contribution in [2.45, 2.75) is 37.0 Å². The van der Waals surface area contributed by atoms with E-state index in [4.69, 9.17) is 4.74 Å². The maximum atomic E-state index is 12.3. The maximum absolute atomic E-state index is 12.3. The van der Waals surface area contributed by atoms with Crippen molar-refractivity contribution < 1.29 is 22.7 Å². The van der Waals surface area contributed by atoms with Crippen molar-refractivity contribution in [2.75, 3.05) is 33.8 Å². The minimum Gasteiger partial charge on any atom is -0.452 e. The van der Waals surface area contributed by atoms with Crippen LogP contribution >= 0.6 is 15.9 Å². The van der Waals surface area contributed by atoms with Crippen LogP contribution in [0.1, 0.15) is 42.5 Å². The van der Waals surface area contributed by atoms with Gasteiger partial charge in [-0.2, -0.15) is 0 Å². The summed E-state index contributed by atoms with van der Waals surface area (Å²) in [5.74, 6) is -0.943. The second-order valence-corrected chi connectivity index (χ2v) is 9.63. The number of carbonyl (C=O) groups is 2. The molecule has 1 aromatic carbocycles. The molecule has 0 aromatic heterocycles. The molecule has 150 valence electrons. The van der Waals surface area contributed by atoms with E-state index in [1.54, 1.807) is 4.90 Å². The molecule has 1 amide bonds. The van der Waals surface area contributed by atoms with E-state index in [1.807, 2.05) is 0 Å². The third kappa shape index (κ3) is 5.76. The van der Waals surface area contributed by atoms with E-state index >= 15 is 0 Å². The number of nitrogens with zero attached hydrogens (tertiary/aromatic N) is 2. The van der Waals surface area contributed by atoms with Gasteiger partial charge in [-0.1, -0.05) is 19.3 Å². The summed E-state index contributed by atoms with van der Waals surface area (Å²) in [6.45, 7) is 1.02. The molecule has 0 saturated carbocycles. The Labute approximate surface area is 168 Å². The molecule has 27 heavy (non-hydrogen) atoms. The number of ether oxygens (including phenoxy) is 1. The van der Waals surface area contributed by atoms with Gasteiger partial charge in [0.1, 0.15) is 0 Å². The van der Waals surface area contributed by atoms with Crippen LogP contribution in [0.5, 0.6) is 0 Å². The topological polar surface area (TPSA) is 84.0 Å². The molecule has 2 rings (SSSR count). The van der Waals surface area contributed by atoms with E-state index in [0.717, 1.165) is 30.0 Å². The fourth-order valence-corrected chi connectivity index (χ4v) is 4.67. The molecule has 1 heterocycles. The van der Waals surface area contributed by atoms with Crippen molar-refractivity contribution >= 4 is 37.8 Å². The Morgan fingerprint density at radius 3 is 2.30 bits per heavy atom. The van der Waals surface area contributed by atoms with Gasteiger partial charge in [-0.05, 0) is 47.0 Å². The number of hydrogen-bond acceptors (Lipinski definition) is 5. The lowest BCUT2D eigenvalue weighted by atomic mass is 10.1. The van der Waals surface area contributed by atoms with Crippen molar-refractivity contribution in [3.8, 4) is 0 Å². The maximum Gasteiger partial charge on any atom is 0.338 e. The molecule has 1 aliphatic heterocycles. The van der Waals surface area contributed by atoms with Gasteiger partial charge in [-0.25, -0.2) is 17.5 Å². The summed E-state index contributed by atoms with van der Waals surface area (Å²) in [5, 5.41) is 0. The highest BCUT2D eigenvalue weighted by atomic mass is 79.9. The van der Waals surface area contributed by atoms with Gasteiger partial charge in [-0.3, -0.25) is 4.79 Å². The van der Waals surface area contributed by atoms with Crippen LogP contribution in [0.3, 0.4) is 0 Å². The second-order valence-electron chi connectivity index (χ2n) is 6.66. The third-order valence-electron chi connectivity index (χ3n) is 4.46. The van der Waals surface area contributed by atoms with Crippen molar-refractivity contribution in [1.29, 1.82) is 0 Å². The number of amides is 1. The lowest BCUT2D eigenvalue weighted by molar-refractivity contribution is -0.134. The summed E-state index contributed by atoms with van der Waals surface area (Å²) in [5.41, 5.74) is 0.0825. The monoisotopic (exact) mass is 460 g/mol. The molecular formula is C18H25BrN2O5S. The van der Waals surface area contributed by atoms with Gasteiger partial charge in [0, 0.05) is 31.7 Å². The van der Waals surface area contributed by atoms with E-state index in [2.05, 4.69) is 15.9 Å². The number of rotatable bonds is 5. The Bertz CT molecular complexity index is 787. The number of benzene rings is 1. The predicted octanol–water partition coefficient (Wildman–Crippen LogP) is 2.65. The molecule has 0 radical (unpaired) electrons. The Morgan fingerprint density at radius 1 is 1.11 bits per heavy atom. The van der Waals surface area contributed by atoms with E-state index in [1.165, 1.54) is 38.7 Å². The van der Waals surface area contributed by atoms with Crippen molar-refractivity contribution in [3.63, 3.8) is 0 Å². The van der Waals surface area contributed by atoms with Gasteiger partial charge in [-0.15, -0.1) is 0 Å². The van der Waals surface area contributed by atoms with Crippen molar-refractivity contribution in [2.24, 2.45) is 0 Å². The average Bonchev–Trinajstić information content (AvgIpc) is 2.59. The Balaban J connectivity index is 2.04. The zero-order valence-corrected chi connectivity index (χ0v) is 18.0. The van der Waals surface area contributed by atoms with Crippen LogP contribution in [0.4, 0.5) is 0 Å². The summed E-state index contributed by atoms with van der Waals surface area (Å²) in [6.07, 6.45) is 5.31. The van der Waals surface area contributed by atoms with Crippen LogP contribution in [-0.2, 0) is 19.6 Å². The van der Waals surface area contributed by atoms with Gasteiger partial charge in [0.05, 0.1) is 10.5 Å². The van der Waals surface area contributed by atoms with Crippen molar-refractivity contribution in [1.82, 2.24) is 9.21 Å². The Morgan fingerprint density at radius 2 is 1.70 bits per heavy atom. The number of likely N-dealkylation sites (tertiary alicyclic amines) is 1. The van der Waals surface area contributed by atoms with E-state index in [0.29, 0.717) is 17.6 Å². The van der Waals surface area contributed by atoms with Crippen LogP contribution in [0.2, 0.25) is 0 Å². The lowest BCUT2D eigenvalue weighted by Crippen LogP contribution is -2.37. The molecule has 1 saturated heterocycles. The van der Waals surface area contributed by atoms with Crippen LogP contribution in [0.15, 0.2) is 27.6 Å². The first-order valence-electron chi connectivity index (χ1n) is 8.90. The van der Waals surface area contributed by atoms with Gasteiger partial charge in [0.15, 0.2) is 6.61 Å². The molecule has 0 atom stereocenters. The number of hydrogen-bond donors (Lipinski definition) is 0. The molecule has 0 unspecified atom stereocenters. The summed E-state index contributed by atoms with van der Waals surface area (Å²) >= 11 is 3.19. The van der Waals surface area contributed by atoms with Crippen LogP contribution in [0.25, 0.3) is 0 Å². The summed E-state index contributed by atoms with van der Waals surface area (Å²) in [4.78, 5) is 26.3. The van der Waals surface area contributed by atoms with Gasteiger partial charge < -0.3 is 9.64 Å². The molecule has 1 aromatic rings. The Kier molecular flexibility index (Phi) is 7.81. The molecule has 0 N–H and O–H groups in total. The largest absolute Gasteiger partial charge is 0.452 e. The number of halogens is 1. The predicted molar refractivity (Wildman–Crippen MR) is 105 cm³/mol. The van der Waals surface area contributed by atoms with E-state index < -0.39 is 16.0 Å². The highest BCUT2D eigenvalue weighted by Gasteiger charge is 2.23. The third-order valence-corrected chi connectivity index (χ3v) is 7.27. The quantitative estimate of drug-likeness (QED) is 0.630. The zero-order valence-electron chi connectivity index (χ0n) is 15.6. The lowest BCUT2D eigenvalue weighted by Gasteiger charge is -2.24. The smallest absolute Gasteiger partial charge is 0.338 e. The molecule has 7 nitrogen and oxygen atoms in total. The second kappa shape index (κ2) is 9.66. The molecule has 0 aliphatic carbocycles. The molecule has 1 fully saturated rings. The minimum absolute atomic E-state index is 0.0305. The van der Waals surface area contributed by atoms with Crippen LogP contribution in [0, 0.1) is 0 Å². The summed E-state index contributed by atoms with van der Waals surface area (Å²) in [6, 6.07) is 4.19. The van der Waals surface area contributed by atoms with Crippen LogP contribution < -0.4 is 0 Å². The van der Waals surface area contributed by atoms with Gasteiger partial charge in [0.25, 0.3) is 5.91 Å². The van der Waals surface area contributed by atoms with Crippen molar-refractivity contribution in [3.05, 3.63) is 28.2 Å². The average molecular weight is 461 g/mol. The van der Waals surface area contributed by atoms with Crippen LogP contribution in [-0.4, -0.2) is 63.3 Å². The number of carbonyl (C=O) groups excluding carboxylic acids is 2. The fraction of sp³-hybridized carbons (Fsp3) is 0.556. The van der Waals surface area contributed by atoms with E-state index in [9.17, 15) is 18.0 Å². The number of sulfonamides is 1.